The number of rotatable bonds is 5. The van der Waals surface area contributed by atoms with E-state index in [0.717, 1.165) is 0 Å². The molecule has 0 amide bonds. The first kappa shape index (κ1) is 11.6. The Bertz CT molecular complexity index is 232. The standard InChI is InChI=1S/C8H13NO4/c1-9(2)4-6(8(11)12)7(10)5-13-3/h4H,5H2,1-3H3,(H,11,12)/b6-4+. The van der Waals surface area contributed by atoms with E-state index in [1.165, 1.54) is 18.2 Å². The molecule has 0 atom stereocenters. The van der Waals surface area contributed by atoms with Crippen LogP contribution in [0.3, 0.4) is 0 Å². The van der Waals surface area contributed by atoms with Crippen LogP contribution in [0.4, 0.5) is 0 Å². The topological polar surface area (TPSA) is 66.8 Å². The first-order valence-electron chi connectivity index (χ1n) is 3.62. The summed E-state index contributed by atoms with van der Waals surface area (Å²) >= 11 is 0. The van der Waals surface area contributed by atoms with Crippen LogP contribution < -0.4 is 0 Å². The van der Waals surface area contributed by atoms with Gasteiger partial charge in [0.2, 0.25) is 0 Å². The van der Waals surface area contributed by atoms with Crippen LogP contribution >= 0.6 is 0 Å². The highest BCUT2D eigenvalue weighted by atomic mass is 16.5. The van der Waals surface area contributed by atoms with Crippen LogP contribution in [-0.4, -0.2) is 49.6 Å². The van der Waals surface area contributed by atoms with Crippen LogP contribution in [0.25, 0.3) is 0 Å². The van der Waals surface area contributed by atoms with Gasteiger partial charge in [0.25, 0.3) is 0 Å². The first-order chi connectivity index (χ1) is 5.99. The number of methoxy groups -OCH3 is 1. The number of hydrogen-bond donors (Lipinski definition) is 1. The lowest BCUT2D eigenvalue weighted by molar-refractivity contribution is -0.135. The van der Waals surface area contributed by atoms with Crippen LogP contribution in [0.5, 0.6) is 0 Å². The van der Waals surface area contributed by atoms with Crippen LogP contribution in [0.1, 0.15) is 0 Å². The molecule has 0 aliphatic rings. The minimum absolute atomic E-state index is 0.216. The van der Waals surface area contributed by atoms with E-state index in [-0.39, 0.29) is 12.2 Å². The lowest BCUT2D eigenvalue weighted by atomic mass is 10.2. The molecule has 0 aromatic heterocycles. The second-order valence-corrected chi connectivity index (χ2v) is 2.67. The van der Waals surface area contributed by atoms with E-state index in [4.69, 9.17) is 5.11 Å². The molecule has 0 saturated carbocycles. The summed E-state index contributed by atoms with van der Waals surface area (Å²) in [6, 6.07) is 0. The lowest BCUT2D eigenvalue weighted by Crippen LogP contribution is -2.19. The van der Waals surface area contributed by atoms with Gasteiger partial charge in [-0.3, -0.25) is 4.79 Å². The third kappa shape index (κ3) is 4.27. The maximum Gasteiger partial charge on any atom is 0.340 e. The van der Waals surface area contributed by atoms with Gasteiger partial charge in [-0.15, -0.1) is 0 Å². The summed E-state index contributed by atoms with van der Waals surface area (Å²) in [4.78, 5) is 23.2. The molecule has 74 valence electrons. The molecule has 5 nitrogen and oxygen atoms in total. The third-order valence-corrected chi connectivity index (χ3v) is 1.19. The molecule has 0 aromatic carbocycles. The molecule has 0 aliphatic heterocycles. The van der Waals surface area contributed by atoms with Gasteiger partial charge in [-0.1, -0.05) is 0 Å². The molecular formula is C8H13NO4. The number of carboxylic acids is 1. The Hall–Kier alpha value is -1.36. The number of ether oxygens (including phenoxy) is 1. The van der Waals surface area contributed by atoms with Crippen molar-refractivity contribution in [3.63, 3.8) is 0 Å². The summed E-state index contributed by atoms with van der Waals surface area (Å²) in [5.74, 6) is -1.78. The van der Waals surface area contributed by atoms with Crippen LogP contribution in [-0.2, 0) is 14.3 Å². The summed E-state index contributed by atoms with van der Waals surface area (Å²) < 4.78 is 4.54. The fourth-order valence-electron chi connectivity index (χ4n) is 0.714. The second-order valence-electron chi connectivity index (χ2n) is 2.67. The van der Waals surface area contributed by atoms with Crippen LogP contribution in [0, 0.1) is 0 Å². The maximum atomic E-state index is 11.1. The van der Waals surface area contributed by atoms with Crippen molar-refractivity contribution in [2.24, 2.45) is 0 Å². The zero-order chi connectivity index (χ0) is 10.4. The monoisotopic (exact) mass is 187 g/mol. The lowest BCUT2D eigenvalue weighted by Gasteiger charge is -2.07. The van der Waals surface area contributed by atoms with Crippen molar-refractivity contribution in [3.05, 3.63) is 11.8 Å². The molecule has 0 unspecified atom stereocenters. The average molecular weight is 187 g/mol. The highest BCUT2D eigenvalue weighted by molar-refractivity contribution is 6.17. The Morgan fingerprint density at radius 1 is 1.46 bits per heavy atom. The molecule has 0 spiro atoms. The van der Waals surface area contributed by atoms with E-state index < -0.39 is 11.8 Å². The highest BCUT2D eigenvalue weighted by Crippen LogP contribution is 1.98. The Balaban J connectivity index is 4.61. The largest absolute Gasteiger partial charge is 0.478 e. The molecule has 0 saturated heterocycles. The smallest absolute Gasteiger partial charge is 0.340 e. The second kappa shape index (κ2) is 5.31. The number of ketones is 1. The zero-order valence-electron chi connectivity index (χ0n) is 7.90. The van der Waals surface area contributed by atoms with E-state index >= 15 is 0 Å². The van der Waals surface area contributed by atoms with Crippen molar-refractivity contribution in [1.29, 1.82) is 0 Å². The number of nitrogens with zero attached hydrogens (tertiary/aromatic N) is 1. The van der Waals surface area contributed by atoms with Crippen molar-refractivity contribution in [1.82, 2.24) is 4.90 Å². The van der Waals surface area contributed by atoms with Crippen molar-refractivity contribution in [2.75, 3.05) is 27.8 Å². The van der Waals surface area contributed by atoms with E-state index in [0.29, 0.717) is 0 Å². The number of Topliss-reactive ketones (excluding diaryl/α,β-unsaturated/α-hetero) is 1. The Morgan fingerprint density at radius 2 is 2.00 bits per heavy atom. The summed E-state index contributed by atoms with van der Waals surface area (Å²) in [5.41, 5.74) is -0.271. The molecule has 0 rings (SSSR count). The normalized spacial score (nSPS) is 11.2. The predicted octanol–water partition coefficient (Wildman–Crippen LogP) is -0.268. The quantitative estimate of drug-likeness (QED) is 0.364. The first-order valence-corrected chi connectivity index (χ1v) is 3.62. The molecular weight excluding hydrogens is 174 g/mol. The molecule has 1 N–H and O–H groups in total. The highest BCUT2D eigenvalue weighted by Gasteiger charge is 2.16. The van der Waals surface area contributed by atoms with Crippen LogP contribution in [0.2, 0.25) is 0 Å². The van der Waals surface area contributed by atoms with E-state index in [1.807, 2.05) is 0 Å². The van der Waals surface area contributed by atoms with Gasteiger partial charge in [0.1, 0.15) is 12.2 Å². The van der Waals surface area contributed by atoms with Gasteiger partial charge in [0, 0.05) is 27.4 Å². The maximum absolute atomic E-state index is 11.1. The van der Waals surface area contributed by atoms with Crippen molar-refractivity contribution in [3.8, 4) is 0 Å². The molecule has 0 heterocycles. The SMILES string of the molecule is COCC(=O)/C(=C\N(C)C)C(=O)O. The van der Waals surface area contributed by atoms with Crippen molar-refractivity contribution in [2.45, 2.75) is 0 Å². The predicted molar refractivity (Wildman–Crippen MR) is 46.3 cm³/mol. The Kier molecular flexibility index (Phi) is 4.76. The summed E-state index contributed by atoms with van der Waals surface area (Å²) in [5, 5.41) is 8.65. The minimum atomic E-state index is -1.24. The van der Waals surface area contributed by atoms with Gasteiger partial charge < -0.3 is 14.7 Å². The fraction of sp³-hybridized carbons (Fsp3) is 0.500. The Labute approximate surface area is 76.6 Å². The van der Waals surface area contributed by atoms with Gasteiger partial charge in [0.15, 0.2) is 5.78 Å². The molecule has 13 heavy (non-hydrogen) atoms. The van der Waals surface area contributed by atoms with Crippen LogP contribution in [0.15, 0.2) is 11.8 Å². The van der Waals surface area contributed by atoms with Gasteiger partial charge in [-0.2, -0.15) is 0 Å². The minimum Gasteiger partial charge on any atom is -0.478 e. The number of aliphatic carboxylic acids is 1. The summed E-state index contributed by atoms with van der Waals surface area (Å²) in [6.07, 6.45) is 1.25. The molecule has 0 aliphatic carbocycles. The van der Waals surface area contributed by atoms with E-state index in [2.05, 4.69) is 4.74 Å². The molecule has 0 aromatic rings. The summed E-state index contributed by atoms with van der Waals surface area (Å²) in [7, 11) is 4.62. The van der Waals surface area contributed by atoms with Gasteiger partial charge >= 0.3 is 5.97 Å². The number of carbonyl (C=O) groups excluding carboxylic acids is 1. The van der Waals surface area contributed by atoms with Gasteiger partial charge in [-0.25, -0.2) is 4.79 Å². The molecule has 0 fully saturated rings. The number of hydrogen-bond acceptors (Lipinski definition) is 4. The van der Waals surface area contributed by atoms with E-state index in [9.17, 15) is 9.59 Å². The molecule has 5 heteroatoms. The summed E-state index contributed by atoms with van der Waals surface area (Å²) in [6.45, 7) is -0.216. The number of carboxylic acid groups (broad SMARTS) is 1. The fourth-order valence-corrected chi connectivity index (χ4v) is 0.714. The zero-order valence-corrected chi connectivity index (χ0v) is 7.90. The Morgan fingerprint density at radius 3 is 2.31 bits per heavy atom. The van der Waals surface area contributed by atoms with Gasteiger partial charge in [0.05, 0.1) is 0 Å². The van der Waals surface area contributed by atoms with E-state index in [1.54, 1.807) is 14.1 Å². The third-order valence-electron chi connectivity index (χ3n) is 1.19. The van der Waals surface area contributed by atoms with Gasteiger partial charge in [-0.05, 0) is 0 Å². The van der Waals surface area contributed by atoms with Crippen molar-refractivity contribution < 1.29 is 19.4 Å². The average Bonchev–Trinajstić information content (AvgIpc) is 1.99. The van der Waals surface area contributed by atoms with Crippen molar-refractivity contribution >= 4 is 11.8 Å². The number of carbonyl (C=O) groups is 2. The molecule has 0 radical (unpaired) electrons. The molecule has 0 bridgehead atoms.